The van der Waals surface area contributed by atoms with E-state index in [1.807, 2.05) is 60.5 Å². The summed E-state index contributed by atoms with van der Waals surface area (Å²) in [5.41, 5.74) is 2.98. The third-order valence-corrected chi connectivity index (χ3v) is 6.08. The van der Waals surface area contributed by atoms with Gasteiger partial charge >= 0.3 is 6.03 Å². The highest BCUT2D eigenvalue weighted by atomic mass is 79.9. The molecule has 0 bridgehead atoms. The molecular weight excluding hydrogens is 416 g/mol. The summed E-state index contributed by atoms with van der Waals surface area (Å²) in [6.07, 6.45) is 2.22. The average Bonchev–Trinajstić information content (AvgIpc) is 2.94. The monoisotopic (exact) mass is 438 g/mol. The lowest BCUT2D eigenvalue weighted by atomic mass is 9.98. The smallest absolute Gasteiger partial charge is 0.323 e. The fourth-order valence-corrected chi connectivity index (χ4v) is 4.15. The van der Waals surface area contributed by atoms with Gasteiger partial charge in [-0.25, -0.2) is 4.79 Å². The van der Waals surface area contributed by atoms with E-state index in [0.29, 0.717) is 6.42 Å². The van der Waals surface area contributed by atoms with E-state index in [0.717, 1.165) is 26.9 Å². The molecule has 4 nitrogen and oxygen atoms in total. The van der Waals surface area contributed by atoms with Crippen molar-refractivity contribution in [1.82, 2.24) is 9.80 Å². The molecule has 0 aromatic heterocycles. The lowest BCUT2D eigenvalue weighted by Crippen LogP contribution is -2.43. The van der Waals surface area contributed by atoms with E-state index in [1.165, 1.54) is 0 Å². The summed E-state index contributed by atoms with van der Waals surface area (Å²) in [4.78, 5) is 16.8. The van der Waals surface area contributed by atoms with Crippen LogP contribution < -0.4 is 0 Å². The number of ether oxygens (including phenoxy) is 1. The Morgan fingerprint density at radius 1 is 1.11 bits per heavy atom. The predicted molar refractivity (Wildman–Crippen MR) is 114 cm³/mol. The van der Waals surface area contributed by atoms with Crippen LogP contribution in [0, 0.1) is 0 Å². The summed E-state index contributed by atoms with van der Waals surface area (Å²) in [5, 5.41) is 0. The third-order valence-electron chi connectivity index (χ3n) is 5.55. The van der Waals surface area contributed by atoms with Gasteiger partial charge in [-0.1, -0.05) is 65.0 Å². The van der Waals surface area contributed by atoms with Crippen LogP contribution in [0.1, 0.15) is 30.5 Å². The zero-order chi connectivity index (χ0) is 19.8. The van der Waals surface area contributed by atoms with E-state index in [9.17, 15) is 4.79 Å². The lowest BCUT2D eigenvalue weighted by Gasteiger charge is -2.37. The number of urea groups is 1. The van der Waals surface area contributed by atoms with E-state index >= 15 is 0 Å². The standard InChI is InChI=1S/C23H23BrN2O2/c1-15-9-14-20(17-10-12-19(24)13-11-17)28-22(15)26-21(16(2)25(3)23(26)27)18-7-5-4-6-8-18/h4-8,10-14,16,21-22H,1,9H2,2-3H3/t16-,21-,22-/m0/s1. The Labute approximate surface area is 174 Å². The van der Waals surface area contributed by atoms with Crippen LogP contribution in [-0.4, -0.2) is 35.1 Å². The molecule has 144 valence electrons. The van der Waals surface area contributed by atoms with Gasteiger partial charge in [0.25, 0.3) is 0 Å². The molecule has 2 heterocycles. The molecule has 0 aliphatic carbocycles. The second-order valence-corrected chi connectivity index (χ2v) is 8.22. The molecule has 2 aliphatic heterocycles. The highest BCUT2D eigenvalue weighted by molar-refractivity contribution is 9.10. The fourth-order valence-electron chi connectivity index (χ4n) is 3.88. The minimum Gasteiger partial charge on any atom is -0.466 e. The molecule has 2 aromatic rings. The molecule has 3 atom stereocenters. The zero-order valence-corrected chi connectivity index (χ0v) is 17.6. The molecule has 0 N–H and O–H groups in total. The average molecular weight is 439 g/mol. The molecule has 1 saturated heterocycles. The molecule has 1 fully saturated rings. The van der Waals surface area contributed by atoms with Crippen LogP contribution in [0.3, 0.4) is 0 Å². The molecule has 2 amide bonds. The van der Waals surface area contributed by atoms with Crippen LogP contribution in [0.15, 0.2) is 77.3 Å². The molecule has 0 spiro atoms. The van der Waals surface area contributed by atoms with Crippen molar-refractivity contribution in [3.05, 3.63) is 88.4 Å². The third kappa shape index (κ3) is 3.24. The molecule has 0 saturated carbocycles. The van der Waals surface area contributed by atoms with Crippen LogP contribution in [0.4, 0.5) is 4.79 Å². The number of carbonyl (C=O) groups is 1. The van der Waals surface area contributed by atoms with Gasteiger partial charge in [0.1, 0.15) is 5.76 Å². The number of carbonyl (C=O) groups excluding carboxylic acids is 1. The summed E-state index contributed by atoms with van der Waals surface area (Å²) in [6, 6.07) is 18.0. The van der Waals surface area contributed by atoms with Gasteiger partial charge in [-0.2, -0.15) is 0 Å². The van der Waals surface area contributed by atoms with E-state index in [4.69, 9.17) is 4.74 Å². The number of nitrogens with zero attached hydrogens (tertiary/aromatic N) is 2. The van der Waals surface area contributed by atoms with Crippen molar-refractivity contribution in [3.8, 4) is 0 Å². The molecular formula is C23H23BrN2O2. The second-order valence-electron chi connectivity index (χ2n) is 7.30. The van der Waals surface area contributed by atoms with Crippen molar-refractivity contribution < 1.29 is 9.53 Å². The van der Waals surface area contributed by atoms with Crippen LogP contribution >= 0.6 is 15.9 Å². The van der Waals surface area contributed by atoms with Gasteiger partial charge in [-0.05, 0) is 42.7 Å². The maximum absolute atomic E-state index is 13.1. The molecule has 4 rings (SSSR count). The molecule has 5 heteroatoms. The minimum atomic E-state index is -0.492. The summed E-state index contributed by atoms with van der Waals surface area (Å²) in [6.45, 7) is 6.28. The number of likely N-dealkylation sites (N-methyl/N-ethyl adjacent to an activating group) is 1. The van der Waals surface area contributed by atoms with E-state index < -0.39 is 6.23 Å². The number of benzene rings is 2. The van der Waals surface area contributed by atoms with Crippen molar-refractivity contribution in [1.29, 1.82) is 0 Å². The van der Waals surface area contributed by atoms with Crippen molar-refractivity contribution in [2.75, 3.05) is 7.05 Å². The first-order valence-corrected chi connectivity index (χ1v) is 10.2. The maximum Gasteiger partial charge on any atom is 0.323 e. The maximum atomic E-state index is 13.1. The van der Waals surface area contributed by atoms with Crippen molar-refractivity contribution in [3.63, 3.8) is 0 Å². The van der Waals surface area contributed by atoms with Crippen LogP contribution in [0.25, 0.3) is 5.76 Å². The number of allylic oxidation sites excluding steroid dienone is 1. The van der Waals surface area contributed by atoms with E-state index in [1.54, 1.807) is 4.90 Å². The Morgan fingerprint density at radius 3 is 2.46 bits per heavy atom. The van der Waals surface area contributed by atoms with Gasteiger partial charge in [0, 0.05) is 17.1 Å². The molecule has 28 heavy (non-hydrogen) atoms. The first-order chi connectivity index (χ1) is 13.5. The summed E-state index contributed by atoms with van der Waals surface area (Å²) in [5.74, 6) is 0.784. The summed E-state index contributed by atoms with van der Waals surface area (Å²) in [7, 11) is 1.85. The van der Waals surface area contributed by atoms with Crippen LogP contribution in [-0.2, 0) is 4.74 Å². The van der Waals surface area contributed by atoms with Gasteiger partial charge in [0.15, 0.2) is 6.23 Å². The highest BCUT2D eigenvalue weighted by Crippen LogP contribution is 2.41. The first kappa shape index (κ1) is 18.8. The topological polar surface area (TPSA) is 32.8 Å². The van der Waals surface area contributed by atoms with E-state index in [2.05, 4.69) is 41.6 Å². The predicted octanol–water partition coefficient (Wildman–Crippen LogP) is 5.59. The molecule has 2 aliphatic rings. The minimum absolute atomic E-state index is 0.0355. The molecule has 0 radical (unpaired) electrons. The molecule has 2 aromatic carbocycles. The van der Waals surface area contributed by atoms with Crippen molar-refractivity contribution in [2.45, 2.75) is 31.7 Å². The zero-order valence-electron chi connectivity index (χ0n) is 16.0. The quantitative estimate of drug-likeness (QED) is 0.585. The van der Waals surface area contributed by atoms with Crippen molar-refractivity contribution in [2.24, 2.45) is 0 Å². The second kappa shape index (κ2) is 7.47. The van der Waals surface area contributed by atoms with Crippen LogP contribution in [0.2, 0.25) is 0 Å². The Hall–Kier alpha value is -2.53. The lowest BCUT2D eigenvalue weighted by molar-refractivity contribution is 0.0383. The SMILES string of the molecule is C=C1CC=C(c2ccc(Br)cc2)O[C@@H]1N1C(=O)N(C)[C@@H](C)[C@H]1c1ccccc1. The molecule has 0 unspecified atom stereocenters. The highest BCUT2D eigenvalue weighted by Gasteiger charge is 2.47. The first-order valence-electron chi connectivity index (χ1n) is 9.38. The van der Waals surface area contributed by atoms with Gasteiger partial charge < -0.3 is 9.64 Å². The number of hydrogen-bond acceptors (Lipinski definition) is 2. The number of amides is 2. The normalized spacial score (nSPS) is 25.0. The number of halogens is 1. The van der Waals surface area contributed by atoms with Gasteiger partial charge in [0.05, 0.1) is 12.1 Å². The fraction of sp³-hybridized carbons (Fsp3) is 0.261. The summed E-state index contributed by atoms with van der Waals surface area (Å²) >= 11 is 3.47. The van der Waals surface area contributed by atoms with Gasteiger partial charge in [-0.15, -0.1) is 0 Å². The summed E-state index contributed by atoms with van der Waals surface area (Å²) < 4.78 is 7.37. The number of rotatable bonds is 3. The Bertz CT molecular complexity index is 923. The Morgan fingerprint density at radius 2 is 1.79 bits per heavy atom. The van der Waals surface area contributed by atoms with E-state index in [-0.39, 0.29) is 18.1 Å². The Balaban J connectivity index is 1.69. The van der Waals surface area contributed by atoms with Gasteiger partial charge in [-0.3, -0.25) is 4.90 Å². The van der Waals surface area contributed by atoms with Gasteiger partial charge in [0.2, 0.25) is 0 Å². The van der Waals surface area contributed by atoms with Crippen molar-refractivity contribution >= 4 is 27.7 Å². The largest absolute Gasteiger partial charge is 0.466 e. The Kier molecular flexibility index (Phi) is 5.02. The number of hydrogen-bond donors (Lipinski definition) is 0. The van der Waals surface area contributed by atoms with Crippen LogP contribution in [0.5, 0.6) is 0 Å².